The highest BCUT2D eigenvalue weighted by atomic mass is 16.5. The Morgan fingerprint density at radius 3 is 2.59 bits per heavy atom. The molecule has 2 aliphatic rings. The van der Waals surface area contributed by atoms with Gasteiger partial charge in [-0.3, -0.25) is 4.79 Å². The quantitative estimate of drug-likeness (QED) is 0.862. The van der Waals surface area contributed by atoms with Crippen LogP contribution in [0.5, 0.6) is 0 Å². The van der Waals surface area contributed by atoms with E-state index in [0.29, 0.717) is 5.92 Å². The van der Waals surface area contributed by atoms with E-state index in [1.54, 1.807) is 6.20 Å². The summed E-state index contributed by atoms with van der Waals surface area (Å²) < 4.78 is 7.96. The summed E-state index contributed by atoms with van der Waals surface area (Å²) >= 11 is 0. The lowest BCUT2D eigenvalue weighted by molar-refractivity contribution is -0.139. The molecule has 3 rings (SSSR count). The lowest BCUT2D eigenvalue weighted by atomic mass is 9.88. The number of likely N-dealkylation sites (tertiary alicyclic amines) is 1. The third kappa shape index (κ3) is 2.78. The Morgan fingerprint density at radius 2 is 2.00 bits per heavy atom. The molecule has 2 aliphatic heterocycles. The molecule has 1 spiro atoms. The van der Waals surface area contributed by atoms with Crippen molar-refractivity contribution >= 4 is 5.91 Å². The van der Waals surface area contributed by atoms with Crippen molar-refractivity contribution in [2.24, 2.45) is 0 Å². The summed E-state index contributed by atoms with van der Waals surface area (Å²) in [6.45, 7) is 8.71. The number of nitrogens with zero attached hydrogens (tertiary/aromatic N) is 3. The molecule has 0 aromatic carbocycles. The Morgan fingerprint density at radius 1 is 1.27 bits per heavy atom. The number of amides is 1. The Balaban J connectivity index is 1.65. The summed E-state index contributed by atoms with van der Waals surface area (Å²) in [5.41, 5.74) is 0.0676. The van der Waals surface area contributed by atoms with Gasteiger partial charge < -0.3 is 14.2 Å². The Labute approximate surface area is 132 Å². The van der Waals surface area contributed by atoms with Crippen molar-refractivity contribution in [2.75, 3.05) is 19.7 Å². The molecule has 0 unspecified atom stereocenters. The normalized spacial score (nSPS) is 22.5. The van der Waals surface area contributed by atoms with Gasteiger partial charge in [0.25, 0.3) is 0 Å². The van der Waals surface area contributed by atoms with E-state index in [1.165, 1.54) is 0 Å². The van der Waals surface area contributed by atoms with Crippen molar-refractivity contribution in [3.63, 3.8) is 0 Å². The zero-order valence-electron chi connectivity index (χ0n) is 13.9. The summed E-state index contributed by atoms with van der Waals surface area (Å²) in [5, 5.41) is 0. The highest BCUT2D eigenvalue weighted by molar-refractivity contribution is 5.80. The van der Waals surface area contributed by atoms with Crippen LogP contribution >= 0.6 is 0 Å². The molecular weight excluding hydrogens is 278 g/mol. The lowest BCUT2D eigenvalue weighted by Gasteiger charge is -2.39. The van der Waals surface area contributed by atoms with Gasteiger partial charge >= 0.3 is 0 Å². The third-order valence-electron chi connectivity index (χ3n) is 5.16. The average Bonchev–Trinajstić information content (AvgIpc) is 3.16. The average molecular weight is 305 g/mol. The second-order valence-corrected chi connectivity index (χ2v) is 6.98. The topological polar surface area (TPSA) is 47.4 Å². The predicted octanol–water partition coefficient (Wildman–Crippen LogP) is 2.74. The number of carbonyl (C=O) groups is 1. The van der Waals surface area contributed by atoms with E-state index in [-0.39, 0.29) is 17.6 Å². The zero-order valence-corrected chi connectivity index (χ0v) is 13.9. The van der Waals surface area contributed by atoms with Gasteiger partial charge in [-0.05, 0) is 32.6 Å². The molecule has 1 amide bonds. The van der Waals surface area contributed by atoms with Crippen LogP contribution in [0.2, 0.25) is 0 Å². The van der Waals surface area contributed by atoms with E-state index in [0.717, 1.165) is 51.2 Å². The Bertz CT molecular complexity index is 522. The van der Waals surface area contributed by atoms with Gasteiger partial charge in [0, 0.05) is 38.0 Å². The summed E-state index contributed by atoms with van der Waals surface area (Å²) in [6.07, 6.45) is 7.99. The van der Waals surface area contributed by atoms with E-state index in [1.807, 2.05) is 22.6 Å². The van der Waals surface area contributed by atoms with Crippen LogP contribution in [0.25, 0.3) is 0 Å². The van der Waals surface area contributed by atoms with Crippen LogP contribution in [0.4, 0.5) is 0 Å². The maximum absolute atomic E-state index is 12.8. The van der Waals surface area contributed by atoms with E-state index in [9.17, 15) is 4.79 Å². The van der Waals surface area contributed by atoms with Gasteiger partial charge in [-0.2, -0.15) is 0 Å². The first-order chi connectivity index (χ1) is 10.5. The molecule has 0 saturated carbocycles. The minimum atomic E-state index is -0.182. The standard InChI is InChI=1S/C17H27N3O2/c1-13(2)15-18-8-11-20(15)14(3)16(21)19-9-6-17(7-10-19)5-4-12-22-17/h8,11,13-14H,4-7,9-10,12H2,1-3H3/t14-/m0/s1. The van der Waals surface area contributed by atoms with Crippen molar-refractivity contribution < 1.29 is 9.53 Å². The zero-order chi connectivity index (χ0) is 15.7. The molecule has 1 aromatic rings. The minimum absolute atomic E-state index is 0.0676. The molecule has 2 saturated heterocycles. The highest BCUT2D eigenvalue weighted by Crippen LogP contribution is 2.36. The number of hydrogen-bond donors (Lipinski definition) is 0. The molecule has 0 N–H and O–H groups in total. The van der Waals surface area contributed by atoms with Crippen LogP contribution in [0, 0.1) is 0 Å². The fourth-order valence-electron chi connectivity index (χ4n) is 3.77. The highest BCUT2D eigenvalue weighted by Gasteiger charge is 2.40. The minimum Gasteiger partial charge on any atom is -0.375 e. The summed E-state index contributed by atoms with van der Waals surface area (Å²) in [5.74, 6) is 1.50. The van der Waals surface area contributed by atoms with Gasteiger partial charge in [0.1, 0.15) is 11.9 Å². The molecule has 1 aromatic heterocycles. The SMILES string of the molecule is CC(C)c1nccn1[C@@H](C)C(=O)N1CCC2(CCCO2)CC1. The van der Waals surface area contributed by atoms with Crippen molar-refractivity contribution in [1.82, 2.24) is 14.5 Å². The molecular formula is C17H27N3O2. The maximum Gasteiger partial charge on any atom is 0.245 e. The first-order valence-electron chi connectivity index (χ1n) is 8.48. The van der Waals surface area contributed by atoms with Gasteiger partial charge in [0.15, 0.2) is 0 Å². The maximum atomic E-state index is 12.8. The molecule has 0 radical (unpaired) electrons. The van der Waals surface area contributed by atoms with Crippen LogP contribution in [0.15, 0.2) is 12.4 Å². The van der Waals surface area contributed by atoms with Gasteiger partial charge in [-0.15, -0.1) is 0 Å². The van der Waals surface area contributed by atoms with Gasteiger partial charge in [-0.1, -0.05) is 13.8 Å². The monoisotopic (exact) mass is 305 g/mol. The summed E-state index contributed by atoms with van der Waals surface area (Å²) in [7, 11) is 0. The molecule has 5 heteroatoms. The summed E-state index contributed by atoms with van der Waals surface area (Å²) in [6, 6.07) is -0.182. The Kier molecular flexibility index (Phi) is 4.26. The predicted molar refractivity (Wildman–Crippen MR) is 84.8 cm³/mol. The van der Waals surface area contributed by atoms with Crippen LogP contribution in [0.3, 0.4) is 0 Å². The molecule has 0 aliphatic carbocycles. The van der Waals surface area contributed by atoms with Crippen molar-refractivity contribution in [1.29, 1.82) is 0 Å². The molecule has 2 fully saturated rings. The van der Waals surface area contributed by atoms with Crippen molar-refractivity contribution in [3.8, 4) is 0 Å². The molecule has 1 atom stereocenters. The largest absolute Gasteiger partial charge is 0.375 e. The van der Waals surface area contributed by atoms with Gasteiger partial charge in [-0.25, -0.2) is 4.98 Å². The second-order valence-electron chi connectivity index (χ2n) is 6.98. The molecule has 3 heterocycles. The van der Waals surface area contributed by atoms with Crippen LogP contribution in [-0.2, 0) is 9.53 Å². The van der Waals surface area contributed by atoms with Crippen molar-refractivity contribution in [3.05, 3.63) is 18.2 Å². The molecule has 122 valence electrons. The smallest absolute Gasteiger partial charge is 0.245 e. The molecule has 22 heavy (non-hydrogen) atoms. The van der Waals surface area contributed by atoms with Crippen LogP contribution in [0.1, 0.15) is 64.2 Å². The number of ether oxygens (including phenoxy) is 1. The van der Waals surface area contributed by atoms with Crippen LogP contribution < -0.4 is 0 Å². The first-order valence-corrected chi connectivity index (χ1v) is 8.48. The number of imidazole rings is 1. The van der Waals surface area contributed by atoms with Gasteiger partial charge in [0.2, 0.25) is 5.91 Å². The van der Waals surface area contributed by atoms with E-state index in [4.69, 9.17) is 4.74 Å². The number of hydrogen-bond acceptors (Lipinski definition) is 3. The number of rotatable bonds is 3. The second kappa shape index (κ2) is 6.03. The van der Waals surface area contributed by atoms with E-state index >= 15 is 0 Å². The molecule has 0 bridgehead atoms. The van der Waals surface area contributed by atoms with Gasteiger partial charge in [0.05, 0.1) is 5.60 Å². The number of carbonyl (C=O) groups excluding carboxylic acids is 1. The fraction of sp³-hybridized carbons (Fsp3) is 0.765. The molecule has 5 nitrogen and oxygen atoms in total. The first kappa shape index (κ1) is 15.5. The Hall–Kier alpha value is -1.36. The number of piperidine rings is 1. The van der Waals surface area contributed by atoms with E-state index < -0.39 is 0 Å². The lowest BCUT2D eigenvalue weighted by Crippen LogP contribution is -2.48. The van der Waals surface area contributed by atoms with Crippen LogP contribution in [-0.4, -0.2) is 45.7 Å². The van der Waals surface area contributed by atoms with Crippen molar-refractivity contribution in [2.45, 2.75) is 64.0 Å². The van der Waals surface area contributed by atoms with E-state index in [2.05, 4.69) is 18.8 Å². The fourth-order valence-corrected chi connectivity index (χ4v) is 3.77. The third-order valence-corrected chi connectivity index (χ3v) is 5.16. The summed E-state index contributed by atoms with van der Waals surface area (Å²) in [4.78, 5) is 19.2. The number of aromatic nitrogens is 2.